The molecule has 1 amide bonds. The first kappa shape index (κ1) is 55.9. The number of allylic oxidation sites excluding steroid dienone is 2. The lowest BCUT2D eigenvalue weighted by molar-refractivity contribution is -0.303. The molecular weight excluding hydrogens is 751 g/mol. The van der Waals surface area contributed by atoms with E-state index in [1.165, 1.54) is 128 Å². The van der Waals surface area contributed by atoms with E-state index in [9.17, 15) is 40.5 Å². The van der Waals surface area contributed by atoms with E-state index in [-0.39, 0.29) is 6.42 Å². The summed E-state index contributed by atoms with van der Waals surface area (Å²) in [5.41, 5.74) is 0. The Morgan fingerprint density at radius 2 is 0.983 bits per heavy atom. The Morgan fingerprint density at radius 3 is 1.46 bits per heavy atom. The van der Waals surface area contributed by atoms with E-state index in [2.05, 4.69) is 31.3 Å². The van der Waals surface area contributed by atoms with Crippen LogP contribution in [0, 0.1) is 0 Å². The van der Waals surface area contributed by atoms with Crippen molar-refractivity contribution in [3.05, 3.63) is 12.2 Å². The van der Waals surface area contributed by atoms with Gasteiger partial charge >= 0.3 is 0 Å². The summed E-state index contributed by atoms with van der Waals surface area (Å²) in [5, 5.41) is 75.7. The molecule has 8 N–H and O–H groups in total. The van der Waals surface area contributed by atoms with Crippen molar-refractivity contribution in [1.82, 2.24) is 5.32 Å². The molecule has 0 aromatic heterocycles. The van der Waals surface area contributed by atoms with Gasteiger partial charge in [-0.3, -0.25) is 4.79 Å². The minimum Gasteiger partial charge on any atom is -0.394 e. The zero-order chi connectivity index (χ0) is 43.4. The van der Waals surface area contributed by atoms with Gasteiger partial charge in [0.15, 0.2) is 6.29 Å². The molecule has 1 heterocycles. The van der Waals surface area contributed by atoms with Gasteiger partial charge in [0, 0.05) is 0 Å². The van der Waals surface area contributed by atoms with Crippen LogP contribution in [0.25, 0.3) is 0 Å². The van der Waals surface area contributed by atoms with Crippen molar-refractivity contribution in [2.24, 2.45) is 0 Å². The highest BCUT2D eigenvalue weighted by atomic mass is 16.7. The summed E-state index contributed by atoms with van der Waals surface area (Å²) < 4.78 is 11.1. The largest absolute Gasteiger partial charge is 0.394 e. The summed E-state index contributed by atoms with van der Waals surface area (Å²) in [7, 11) is 0. The second-order valence-electron chi connectivity index (χ2n) is 17.5. The van der Waals surface area contributed by atoms with Gasteiger partial charge in [0.2, 0.25) is 5.91 Å². The minimum atomic E-state index is -1.66. The predicted octanol–water partition coefficient (Wildman–Crippen LogP) is 8.45. The molecule has 0 aromatic carbocycles. The van der Waals surface area contributed by atoms with Crippen LogP contribution >= 0.6 is 0 Å². The van der Waals surface area contributed by atoms with Crippen LogP contribution < -0.4 is 5.32 Å². The lowest BCUT2D eigenvalue weighted by atomic mass is 9.98. The monoisotopic (exact) mass is 844 g/mol. The fourth-order valence-electron chi connectivity index (χ4n) is 7.96. The summed E-state index contributed by atoms with van der Waals surface area (Å²) in [6.07, 6.45) is 29.8. The Kier molecular flexibility index (Phi) is 36.5. The molecule has 1 rings (SSSR count). The standard InChI is InChI=1S/C48H93NO10/c1-3-5-7-9-11-13-15-16-17-18-19-20-21-22-23-24-26-27-29-31-33-35-40(51)43(53)39(38-58-48-46(56)45(55)44(54)42(37-50)59-48)49-47(57)41(52)36-34-32-30-28-25-14-12-10-8-6-4-2/h12,14,39-46,48,50-56H,3-11,13,15-38H2,1-2H3,(H,49,57)/b14-12-. The molecule has 1 fully saturated rings. The Labute approximate surface area is 360 Å². The number of carbonyl (C=O) groups excluding carboxylic acids is 1. The fraction of sp³-hybridized carbons (Fsp3) is 0.938. The van der Waals surface area contributed by atoms with Gasteiger partial charge in [-0.15, -0.1) is 0 Å². The third kappa shape index (κ3) is 28.2. The average Bonchev–Trinajstić information content (AvgIpc) is 3.23. The van der Waals surface area contributed by atoms with E-state index >= 15 is 0 Å². The van der Waals surface area contributed by atoms with Crippen molar-refractivity contribution >= 4 is 5.91 Å². The zero-order valence-electron chi connectivity index (χ0n) is 37.7. The second kappa shape index (κ2) is 38.5. The Balaban J connectivity index is 2.37. The number of hydrogen-bond donors (Lipinski definition) is 8. The van der Waals surface area contributed by atoms with Crippen LogP contribution in [0.15, 0.2) is 12.2 Å². The summed E-state index contributed by atoms with van der Waals surface area (Å²) >= 11 is 0. The number of hydrogen-bond acceptors (Lipinski definition) is 10. The van der Waals surface area contributed by atoms with Crippen molar-refractivity contribution < 1.29 is 50.0 Å². The fourth-order valence-corrected chi connectivity index (χ4v) is 7.96. The molecule has 9 atom stereocenters. The topological polar surface area (TPSA) is 189 Å². The highest BCUT2D eigenvalue weighted by Crippen LogP contribution is 2.23. The van der Waals surface area contributed by atoms with Gasteiger partial charge < -0.3 is 50.5 Å². The van der Waals surface area contributed by atoms with Crippen molar-refractivity contribution in [3.8, 4) is 0 Å². The molecule has 1 saturated heterocycles. The molecule has 11 heteroatoms. The van der Waals surface area contributed by atoms with E-state index < -0.39 is 74.2 Å². The van der Waals surface area contributed by atoms with Gasteiger partial charge in [-0.2, -0.15) is 0 Å². The van der Waals surface area contributed by atoms with Crippen LogP contribution in [0.5, 0.6) is 0 Å². The summed E-state index contributed by atoms with van der Waals surface area (Å²) in [6, 6.07) is -1.17. The molecule has 59 heavy (non-hydrogen) atoms. The van der Waals surface area contributed by atoms with Crippen molar-refractivity contribution in [2.45, 2.75) is 274 Å². The number of amides is 1. The third-order valence-corrected chi connectivity index (χ3v) is 12.1. The van der Waals surface area contributed by atoms with E-state index in [0.29, 0.717) is 19.3 Å². The summed E-state index contributed by atoms with van der Waals surface area (Å²) in [5.74, 6) is -0.706. The normalized spacial score (nSPS) is 21.8. The molecule has 11 nitrogen and oxygen atoms in total. The van der Waals surface area contributed by atoms with Gasteiger partial charge in [0.05, 0.1) is 25.4 Å². The summed E-state index contributed by atoms with van der Waals surface area (Å²) in [6.45, 7) is 3.41. The molecule has 0 saturated carbocycles. The number of ether oxygens (including phenoxy) is 2. The first-order chi connectivity index (χ1) is 28.7. The zero-order valence-corrected chi connectivity index (χ0v) is 37.7. The predicted molar refractivity (Wildman–Crippen MR) is 238 cm³/mol. The van der Waals surface area contributed by atoms with Crippen molar-refractivity contribution in [1.29, 1.82) is 0 Å². The Bertz CT molecular complexity index is 970. The molecule has 1 aliphatic rings. The van der Waals surface area contributed by atoms with Gasteiger partial charge in [-0.25, -0.2) is 0 Å². The molecule has 0 bridgehead atoms. The lowest BCUT2D eigenvalue weighted by Crippen LogP contribution is -2.60. The van der Waals surface area contributed by atoms with E-state index in [0.717, 1.165) is 51.4 Å². The van der Waals surface area contributed by atoms with Crippen LogP contribution in [0.3, 0.4) is 0 Å². The second-order valence-corrected chi connectivity index (χ2v) is 17.5. The lowest BCUT2D eigenvalue weighted by Gasteiger charge is -2.40. The molecule has 0 aliphatic carbocycles. The van der Waals surface area contributed by atoms with E-state index in [1.54, 1.807) is 0 Å². The first-order valence-electron chi connectivity index (χ1n) is 24.6. The van der Waals surface area contributed by atoms with Gasteiger partial charge in [0.1, 0.15) is 36.6 Å². The van der Waals surface area contributed by atoms with Crippen LogP contribution in [0.2, 0.25) is 0 Å². The van der Waals surface area contributed by atoms with Crippen molar-refractivity contribution in [2.75, 3.05) is 13.2 Å². The number of rotatable bonds is 41. The maximum atomic E-state index is 13.1. The molecule has 0 spiro atoms. The Hall–Kier alpha value is -1.15. The highest BCUT2D eigenvalue weighted by molar-refractivity contribution is 5.80. The average molecular weight is 844 g/mol. The van der Waals surface area contributed by atoms with Crippen molar-refractivity contribution in [3.63, 3.8) is 0 Å². The van der Waals surface area contributed by atoms with Crippen LogP contribution in [0.4, 0.5) is 0 Å². The van der Waals surface area contributed by atoms with Gasteiger partial charge in [0.25, 0.3) is 0 Å². The highest BCUT2D eigenvalue weighted by Gasteiger charge is 2.44. The number of nitrogens with one attached hydrogen (secondary N) is 1. The van der Waals surface area contributed by atoms with E-state index in [1.807, 2.05) is 0 Å². The van der Waals surface area contributed by atoms with Crippen LogP contribution in [0.1, 0.15) is 219 Å². The van der Waals surface area contributed by atoms with Gasteiger partial charge in [-0.05, 0) is 38.5 Å². The maximum Gasteiger partial charge on any atom is 0.249 e. The Morgan fingerprint density at radius 1 is 0.576 bits per heavy atom. The van der Waals surface area contributed by atoms with Crippen LogP contribution in [-0.2, 0) is 14.3 Å². The molecule has 350 valence electrons. The molecule has 0 aromatic rings. The minimum absolute atomic E-state index is 0.247. The van der Waals surface area contributed by atoms with Crippen LogP contribution in [-0.4, -0.2) is 110 Å². The maximum absolute atomic E-state index is 13.1. The quantitative estimate of drug-likeness (QED) is 0.0219. The number of aliphatic hydroxyl groups is 7. The first-order valence-corrected chi connectivity index (χ1v) is 24.6. The number of unbranched alkanes of at least 4 members (excludes halogenated alkanes) is 27. The molecular formula is C48H93NO10. The van der Waals surface area contributed by atoms with Gasteiger partial charge in [-0.1, -0.05) is 193 Å². The molecule has 1 aliphatic heterocycles. The SMILES string of the molecule is CCCCC/C=C\CCCCCCC(O)C(=O)NC(COC1OC(CO)C(O)C(O)C1O)C(O)C(O)CCCCCCCCCCCCCCCCCCCCCCC. The smallest absolute Gasteiger partial charge is 0.249 e. The molecule has 0 radical (unpaired) electrons. The van der Waals surface area contributed by atoms with E-state index in [4.69, 9.17) is 9.47 Å². The molecule has 9 unspecified atom stereocenters. The summed E-state index contributed by atoms with van der Waals surface area (Å²) in [4.78, 5) is 13.1. The number of carbonyl (C=O) groups is 1. The third-order valence-electron chi connectivity index (χ3n) is 12.1. The number of aliphatic hydroxyl groups excluding tert-OH is 7.